The SMILES string of the molecule is CCOc1nc(N2CCCCCCCC2)c(C=C(C#N)C#N)c(-c2ccccc2)c1C#N. The van der Waals surface area contributed by atoms with Crippen LogP contribution in [0.25, 0.3) is 17.2 Å². The molecule has 0 N–H and O–H groups in total. The molecule has 1 aliphatic rings. The third kappa shape index (κ3) is 5.26. The van der Waals surface area contributed by atoms with Gasteiger partial charge in [0.05, 0.1) is 6.61 Å². The third-order valence-electron chi connectivity index (χ3n) is 5.57. The summed E-state index contributed by atoms with van der Waals surface area (Å²) in [5.74, 6) is 0.951. The molecule has 2 heterocycles. The zero-order valence-electron chi connectivity index (χ0n) is 18.5. The van der Waals surface area contributed by atoms with Crippen LogP contribution < -0.4 is 9.64 Å². The average Bonchev–Trinajstić information content (AvgIpc) is 2.97. The fourth-order valence-electron chi connectivity index (χ4n) is 4.06. The number of pyridine rings is 1. The summed E-state index contributed by atoms with van der Waals surface area (Å²) < 4.78 is 5.80. The zero-order valence-corrected chi connectivity index (χ0v) is 18.5. The van der Waals surface area contributed by atoms with Crippen molar-refractivity contribution >= 4 is 11.9 Å². The minimum atomic E-state index is -0.0254. The van der Waals surface area contributed by atoms with E-state index in [1.54, 1.807) is 6.08 Å². The summed E-state index contributed by atoms with van der Waals surface area (Å²) in [6, 6.07) is 15.7. The van der Waals surface area contributed by atoms with Gasteiger partial charge in [0.15, 0.2) is 0 Å². The summed E-state index contributed by atoms with van der Waals surface area (Å²) in [4.78, 5) is 7.01. The van der Waals surface area contributed by atoms with Crippen molar-refractivity contribution in [2.45, 2.75) is 45.4 Å². The Balaban J connectivity index is 2.34. The number of hydrogen-bond donors (Lipinski definition) is 0. The molecule has 0 saturated carbocycles. The van der Waals surface area contributed by atoms with Crippen molar-refractivity contribution < 1.29 is 4.74 Å². The Labute approximate surface area is 190 Å². The normalized spacial score (nSPS) is 14.0. The molecule has 1 fully saturated rings. The fraction of sp³-hybridized carbons (Fsp3) is 0.385. The van der Waals surface area contributed by atoms with E-state index in [0.29, 0.717) is 29.1 Å². The van der Waals surface area contributed by atoms with Crippen molar-refractivity contribution in [1.29, 1.82) is 15.8 Å². The topological polar surface area (TPSA) is 96.7 Å². The molecule has 6 nitrogen and oxygen atoms in total. The van der Waals surface area contributed by atoms with Crippen LogP contribution >= 0.6 is 0 Å². The Bertz CT molecular complexity index is 1060. The lowest BCUT2D eigenvalue weighted by molar-refractivity contribution is 0.326. The van der Waals surface area contributed by atoms with Crippen molar-refractivity contribution in [1.82, 2.24) is 4.98 Å². The van der Waals surface area contributed by atoms with Crippen LogP contribution in [0.2, 0.25) is 0 Å². The number of aromatic nitrogens is 1. The fourth-order valence-corrected chi connectivity index (χ4v) is 4.06. The van der Waals surface area contributed by atoms with Gasteiger partial charge in [0.2, 0.25) is 5.88 Å². The van der Waals surface area contributed by atoms with E-state index in [4.69, 9.17) is 9.72 Å². The smallest absolute Gasteiger partial charge is 0.234 e. The van der Waals surface area contributed by atoms with E-state index in [2.05, 4.69) is 11.0 Å². The average molecular weight is 426 g/mol. The van der Waals surface area contributed by atoms with E-state index < -0.39 is 0 Å². The number of benzene rings is 1. The first-order valence-electron chi connectivity index (χ1n) is 11.2. The Morgan fingerprint density at radius 2 is 1.62 bits per heavy atom. The first-order valence-corrected chi connectivity index (χ1v) is 11.2. The van der Waals surface area contributed by atoms with Crippen molar-refractivity contribution in [2.75, 3.05) is 24.6 Å². The van der Waals surface area contributed by atoms with Gasteiger partial charge in [-0.25, -0.2) is 0 Å². The Kier molecular flexibility index (Phi) is 8.24. The van der Waals surface area contributed by atoms with Crippen LogP contribution in [0.1, 0.15) is 56.6 Å². The maximum Gasteiger partial charge on any atom is 0.234 e. The molecule has 0 bridgehead atoms. The lowest BCUT2D eigenvalue weighted by Crippen LogP contribution is -2.28. The van der Waals surface area contributed by atoms with Crippen LogP contribution in [0, 0.1) is 34.0 Å². The molecule has 6 heteroatoms. The van der Waals surface area contributed by atoms with Gasteiger partial charge < -0.3 is 9.64 Å². The van der Waals surface area contributed by atoms with E-state index in [-0.39, 0.29) is 11.5 Å². The van der Waals surface area contributed by atoms with Crippen LogP contribution in [0.5, 0.6) is 5.88 Å². The minimum absolute atomic E-state index is 0.0254. The number of anilines is 1. The third-order valence-corrected chi connectivity index (χ3v) is 5.57. The van der Waals surface area contributed by atoms with Gasteiger partial charge in [-0.3, -0.25) is 0 Å². The highest BCUT2D eigenvalue weighted by molar-refractivity contribution is 5.88. The van der Waals surface area contributed by atoms with Gasteiger partial charge in [0.25, 0.3) is 0 Å². The monoisotopic (exact) mass is 425 g/mol. The van der Waals surface area contributed by atoms with Gasteiger partial charge in [-0.2, -0.15) is 20.8 Å². The number of hydrogen-bond acceptors (Lipinski definition) is 6. The highest BCUT2D eigenvalue weighted by Crippen LogP contribution is 2.39. The quantitative estimate of drug-likeness (QED) is 0.578. The number of rotatable bonds is 5. The lowest BCUT2D eigenvalue weighted by atomic mass is 9.94. The molecule has 162 valence electrons. The maximum atomic E-state index is 10.0. The summed E-state index contributed by atoms with van der Waals surface area (Å²) in [6.07, 6.45) is 8.42. The first-order chi connectivity index (χ1) is 15.7. The Morgan fingerprint density at radius 1 is 1.00 bits per heavy atom. The highest BCUT2D eigenvalue weighted by Gasteiger charge is 2.25. The van der Waals surface area contributed by atoms with Crippen LogP contribution in [-0.4, -0.2) is 24.7 Å². The van der Waals surface area contributed by atoms with Crippen LogP contribution in [0.3, 0.4) is 0 Å². The van der Waals surface area contributed by atoms with Crippen LogP contribution in [0.15, 0.2) is 35.9 Å². The van der Waals surface area contributed by atoms with Gasteiger partial charge in [-0.05, 0) is 31.4 Å². The zero-order chi connectivity index (χ0) is 22.8. The Hall–Kier alpha value is -3.82. The van der Waals surface area contributed by atoms with E-state index in [0.717, 1.165) is 44.3 Å². The molecular formula is C26H27N5O. The number of allylic oxidation sites excluding steroid dienone is 1. The van der Waals surface area contributed by atoms with Gasteiger partial charge >= 0.3 is 0 Å². The van der Waals surface area contributed by atoms with Crippen molar-refractivity contribution in [3.63, 3.8) is 0 Å². The van der Waals surface area contributed by atoms with Crippen LogP contribution in [-0.2, 0) is 0 Å². The van der Waals surface area contributed by atoms with E-state index in [1.807, 2.05) is 49.4 Å². The molecule has 0 spiro atoms. The highest BCUT2D eigenvalue weighted by atomic mass is 16.5. The largest absolute Gasteiger partial charge is 0.477 e. The molecule has 0 radical (unpaired) electrons. The predicted octanol–water partition coefficient (Wildman–Crippen LogP) is 5.61. The van der Waals surface area contributed by atoms with E-state index >= 15 is 0 Å². The summed E-state index contributed by atoms with van der Waals surface area (Å²) in [5.41, 5.74) is 2.37. The van der Waals surface area contributed by atoms with Crippen LogP contribution in [0.4, 0.5) is 5.82 Å². The van der Waals surface area contributed by atoms with E-state index in [1.165, 1.54) is 12.8 Å². The molecule has 0 amide bonds. The first kappa shape index (κ1) is 22.9. The number of nitrogens with zero attached hydrogens (tertiary/aromatic N) is 5. The van der Waals surface area contributed by atoms with E-state index in [9.17, 15) is 15.8 Å². The second-order valence-corrected chi connectivity index (χ2v) is 7.71. The molecule has 1 aromatic heterocycles. The van der Waals surface area contributed by atoms with Crippen molar-refractivity contribution in [3.05, 3.63) is 47.0 Å². The molecule has 32 heavy (non-hydrogen) atoms. The predicted molar refractivity (Wildman–Crippen MR) is 125 cm³/mol. The summed E-state index contributed by atoms with van der Waals surface area (Å²) in [6.45, 7) is 3.90. The number of nitriles is 3. The second kappa shape index (κ2) is 11.5. The number of ether oxygens (including phenoxy) is 1. The molecule has 0 aliphatic carbocycles. The molecule has 3 rings (SSSR count). The molecule has 0 unspecified atom stereocenters. The molecule has 1 aromatic carbocycles. The summed E-state index contributed by atoms with van der Waals surface area (Å²) >= 11 is 0. The van der Waals surface area contributed by atoms with Gasteiger partial charge in [0.1, 0.15) is 35.2 Å². The summed E-state index contributed by atoms with van der Waals surface area (Å²) in [5, 5.41) is 29.0. The van der Waals surface area contributed by atoms with Gasteiger partial charge in [-0.1, -0.05) is 56.0 Å². The Morgan fingerprint density at radius 3 is 2.19 bits per heavy atom. The van der Waals surface area contributed by atoms with Gasteiger partial charge in [-0.15, -0.1) is 0 Å². The standard InChI is InChI=1S/C26H27N5O/c1-2-32-26-23(19-29)24(21-12-8-7-9-13-21)22(16-20(17-27)18-28)25(30-26)31-14-10-5-3-4-6-11-15-31/h7-9,12-13,16H,2-6,10-11,14-15H2,1H3. The molecule has 2 aromatic rings. The molecular weight excluding hydrogens is 398 g/mol. The molecule has 1 aliphatic heterocycles. The minimum Gasteiger partial charge on any atom is -0.477 e. The second-order valence-electron chi connectivity index (χ2n) is 7.71. The van der Waals surface area contributed by atoms with Crippen molar-refractivity contribution in [3.8, 4) is 35.2 Å². The molecule has 0 atom stereocenters. The lowest BCUT2D eigenvalue weighted by Gasteiger charge is -2.27. The molecule has 1 saturated heterocycles. The van der Waals surface area contributed by atoms with Crippen molar-refractivity contribution in [2.24, 2.45) is 0 Å². The maximum absolute atomic E-state index is 10.0. The van der Waals surface area contributed by atoms with Gasteiger partial charge in [0, 0.05) is 24.2 Å². The summed E-state index contributed by atoms with van der Waals surface area (Å²) in [7, 11) is 0.